The van der Waals surface area contributed by atoms with Crippen LogP contribution in [0.5, 0.6) is 0 Å². The predicted octanol–water partition coefficient (Wildman–Crippen LogP) is 5.39. The van der Waals surface area contributed by atoms with E-state index in [0.29, 0.717) is 30.4 Å². The lowest BCUT2D eigenvalue weighted by Crippen LogP contribution is -2.50. The van der Waals surface area contributed by atoms with Gasteiger partial charge >= 0.3 is 11.9 Å². The molecule has 15 heteroatoms. The molecule has 0 bridgehead atoms. The number of ether oxygens (including phenoxy) is 1. The molecule has 47 heavy (non-hydrogen) atoms. The number of aliphatic carboxylic acids is 1. The number of rotatable bonds is 10. The molecule has 1 amide bonds. The number of para-hydroxylation sites is 1. The van der Waals surface area contributed by atoms with E-state index in [1.165, 1.54) is 22.1 Å². The second-order valence-corrected chi connectivity index (χ2v) is 12.5. The van der Waals surface area contributed by atoms with Crippen molar-refractivity contribution in [3.8, 4) is 0 Å². The molecule has 0 saturated carbocycles. The third kappa shape index (κ3) is 6.28. The first kappa shape index (κ1) is 32.8. The van der Waals surface area contributed by atoms with Gasteiger partial charge in [-0.2, -0.15) is 8.78 Å². The normalized spacial score (nSPS) is 22.0. The summed E-state index contributed by atoms with van der Waals surface area (Å²) in [4.78, 5) is 50.7. The Balaban J connectivity index is 1.09. The van der Waals surface area contributed by atoms with E-state index < -0.39 is 47.5 Å². The van der Waals surface area contributed by atoms with Crippen molar-refractivity contribution in [2.24, 2.45) is 5.92 Å². The number of alkyl halides is 3. The quantitative estimate of drug-likeness (QED) is 0.212. The summed E-state index contributed by atoms with van der Waals surface area (Å²) in [5.74, 6) is -6.53. The van der Waals surface area contributed by atoms with Crippen LogP contribution in [0.1, 0.15) is 50.4 Å². The number of carbonyl (C=O) groups is 2. The van der Waals surface area contributed by atoms with E-state index in [4.69, 9.17) is 20.8 Å². The number of likely N-dealkylation sites (tertiary alicyclic amines) is 1. The minimum absolute atomic E-state index is 0.00548. The SMILES string of the molecule is C[C@H]1CN(C(=O)CCCOCC(F)(F)c2nc(N3CCC[C@H]3C(=O)O)c3oc4ccccc4c3n2)CC[C@]1(F)c1cc(Cl)c[nH]c1=O. The maximum Gasteiger partial charge on any atom is 0.329 e. The fraction of sp³-hybridized carbons (Fsp3) is 0.469. The molecule has 2 saturated heterocycles. The number of nitrogens with one attached hydrogen (secondary N) is 1. The van der Waals surface area contributed by atoms with Gasteiger partial charge in [0.05, 0.1) is 10.6 Å². The van der Waals surface area contributed by atoms with Gasteiger partial charge in [-0.1, -0.05) is 30.7 Å². The number of carboxylic acids is 1. The second kappa shape index (κ2) is 12.8. The van der Waals surface area contributed by atoms with Crippen LogP contribution in [-0.2, 0) is 25.9 Å². The Kier molecular flexibility index (Phi) is 8.92. The van der Waals surface area contributed by atoms with Crippen molar-refractivity contribution in [2.45, 2.75) is 56.7 Å². The highest BCUT2D eigenvalue weighted by Gasteiger charge is 2.45. The Hall–Kier alpha value is -4.17. The number of furan rings is 1. The molecule has 2 aliphatic heterocycles. The molecule has 1 aromatic carbocycles. The predicted molar refractivity (Wildman–Crippen MR) is 166 cm³/mol. The molecule has 3 atom stereocenters. The van der Waals surface area contributed by atoms with E-state index in [2.05, 4.69) is 15.0 Å². The smallest absolute Gasteiger partial charge is 0.329 e. The van der Waals surface area contributed by atoms with Gasteiger partial charge in [0.15, 0.2) is 11.4 Å². The van der Waals surface area contributed by atoms with Gasteiger partial charge in [0.1, 0.15) is 29.4 Å². The number of H-pyrrole nitrogens is 1. The number of nitrogens with zero attached hydrogens (tertiary/aromatic N) is 4. The lowest BCUT2D eigenvalue weighted by molar-refractivity contribution is -0.138. The minimum atomic E-state index is -3.64. The van der Waals surface area contributed by atoms with Crippen molar-refractivity contribution in [2.75, 3.05) is 37.7 Å². The monoisotopic (exact) mass is 675 g/mol. The average Bonchev–Trinajstić information content (AvgIpc) is 3.68. The summed E-state index contributed by atoms with van der Waals surface area (Å²) in [5.41, 5.74) is -1.91. The van der Waals surface area contributed by atoms with E-state index in [1.54, 1.807) is 31.2 Å². The molecule has 2 aliphatic rings. The molecule has 2 fully saturated rings. The van der Waals surface area contributed by atoms with Gasteiger partial charge in [0.25, 0.3) is 5.56 Å². The zero-order valence-electron chi connectivity index (χ0n) is 25.5. The van der Waals surface area contributed by atoms with Crippen LogP contribution >= 0.6 is 11.6 Å². The number of hydrogen-bond donors (Lipinski definition) is 2. The van der Waals surface area contributed by atoms with Crippen LogP contribution < -0.4 is 10.5 Å². The zero-order valence-corrected chi connectivity index (χ0v) is 26.2. The molecule has 11 nitrogen and oxygen atoms in total. The number of fused-ring (bicyclic) bond motifs is 3. The molecule has 2 N–H and O–H groups in total. The van der Waals surface area contributed by atoms with Gasteiger partial charge in [-0.3, -0.25) is 9.59 Å². The summed E-state index contributed by atoms with van der Waals surface area (Å²) >= 11 is 5.97. The van der Waals surface area contributed by atoms with Crippen LogP contribution in [0.25, 0.3) is 22.1 Å². The highest BCUT2D eigenvalue weighted by Crippen LogP contribution is 2.41. The van der Waals surface area contributed by atoms with Crippen LogP contribution in [-0.4, -0.2) is 75.7 Å². The Morgan fingerprint density at radius 1 is 1.26 bits per heavy atom. The highest BCUT2D eigenvalue weighted by molar-refractivity contribution is 6.30. The minimum Gasteiger partial charge on any atom is -0.480 e. The Bertz CT molecular complexity index is 1890. The number of anilines is 1. The molecular weight excluding hydrogens is 643 g/mol. The summed E-state index contributed by atoms with van der Waals surface area (Å²) < 4.78 is 58.2. The number of carboxylic acid groups (broad SMARTS) is 1. The van der Waals surface area contributed by atoms with Crippen molar-refractivity contribution in [1.29, 1.82) is 0 Å². The van der Waals surface area contributed by atoms with Gasteiger partial charge in [-0.15, -0.1) is 0 Å². The first-order chi connectivity index (χ1) is 22.4. The maximum atomic E-state index is 15.9. The molecular formula is C32H33ClF3N5O6. The lowest BCUT2D eigenvalue weighted by Gasteiger charge is -2.41. The largest absolute Gasteiger partial charge is 0.480 e. The molecule has 0 aliphatic carbocycles. The number of halogens is 4. The van der Waals surface area contributed by atoms with Gasteiger partial charge in [-0.05, 0) is 37.5 Å². The number of amides is 1. The van der Waals surface area contributed by atoms with Crippen molar-refractivity contribution < 1.29 is 37.0 Å². The lowest BCUT2D eigenvalue weighted by atomic mass is 9.79. The first-order valence-electron chi connectivity index (χ1n) is 15.4. The Labute approximate surface area is 271 Å². The van der Waals surface area contributed by atoms with E-state index in [0.717, 1.165) is 0 Å². The van der Waals surface area contributed by atoms with Gasteiger partial charge < -0.3 is 29.0 Å². The van der Waals surface area contributed by atoms with Crippen LogP contribution in [0, 0.1) is 5.92 Å². The van der Waals surface area contributed by atoms with Crippen LogP contribution in [0.15, 0.2) is 45.7 Å². The third-order valence-corrected chi connectivity index (χ3v) is 9.21. The van der Waals surface area contributed by atoms with Crippen molar-refractivity contribution >= 4 is 51.4 Å². The van der Waals surface area contributed by atoms with E-state index in [9.17, 15) is 19.5 Å². The summed E-state index contributed by atoms with van der Waals surface area (Å²) in [6.07, 6.45) is 2.21. The molecule has 4 aromatic rings. The molecule has 250 valence electrons. The number of aromatic nitrogens is 3. The standard InChI is InChI=1S/C32H33ClF3N5O6/c1-18-16-40(12-10-31(18,34)21-14-19(33)15-37-28(21)43)24(42)9-5-13-46-17-32(35,36)30-38-25-20-6-2-3-8-23(20)47-26(25)27(39-30)41-11-4-7-22(41)29(44)45/h2-3,6,8,14-15,18,22H,4-5,7,9-13,16-17H2,1H3,(H,37,43)(H,44,45)/t18-,22-,31+/m0/s1. The van der Waals surface area contributed by atoms with Crippen LogP contribution in [0.4, 0.5) is 19.0 Å². The van der Waals surface area contributed by atoms with Gasteiger partial charge in [-0.25, -0.2) is 19.2 Å². The van der Waals surface area contributed by atoms with Crippen molar-refractivity contribution in [3.05, 3.63) is 63.3 Å². The van der Waals surface area contributed by atoms with Gasteiger partial charge in [0, 0.05) is 56.6 Å². The average molecular weight is 676 g/mol. The number of piperidine rings is 1. The van der Waals surface area contributed by atoms with Crippen LogP contribution in [0.2, 0.25) is 5.02 Å². The summed E-state index contributed by atoms with van der Waals surface area (Å²) in [6.45, 7) is 0.848. The summed E-state index contributed by atoms with van der Waals surface area (Å²) in [6, 6.07) is 7.16. The Morgan fingerprint density at radius 3 is 2.81 bits per heavy atom. The number of pyridine rings is 1. The first-order valence-corrected chi connectivity index (χ1v) is 15.8. The van der Waals surface area contributed by atoms with E-state index in [-0.39, 0.29) is 72.4 Å². The topological polar surface area (TPSA) is 142 Å². The summed E-state index contributed by atoms with van der Waals surface area (Å²) in [5, 5.41) is 10.4. The van der Waals surface area contributed by atoms with E-state index in [1.807, 2.05) is 0 Å². The highest BCUT2D eigenvalue weighted by atomic mass is 35.5. The third-order valence-electron chi connectivity index (χ3n) is 8.99. The number of carbonyl (C=O) groups excluding carboxylic acids is 1. The zero-order chi connectivity index (χ0) is 33.5. The number of aromatic amines is 1. The van der Waals surface area contributed by atoms with E-state index >= 15 is 13.2 Å². The van der Waals surface area contributed by atoms with Crippen molar-refractivity contribution in [3.63, 3.8) is 0 Å². The Morgan fingerprint density at radius 2 is 2.04 bits per heavy atom. The molecule has 0 radical (unpaired) electrons. The second-order valence-electron chi connectivity index (χ2n) is 12.1. The fourth-order valence-electron chi connectivity index (χ4n) is 6.46. The molecule has 5 heterocycles. The molecule has 6 rings (SSSR count). The van der Waals surface area contributed by atoms with Gasteiger partial charge in [0.2, 0.25) is 11.7 Å². The number of hydrogen-bond acceptors (Lipinski definition) is 8. The van der Waals surface area contributed by atoms with Crippen LogP contribution in [0.3, 0.4) is 0 Å². The summed E-state index contributed by atoms with van der Waals surface area (Å²) in [7, 11) is 0. The molecule has 3 aromatic heterocycles. The number of benzene rings is 1. The molecule has 0 unspecified atom stereocenters. The molecule has 0 spiro atoms. The fourth-order valence-corrected chi connectivity index (χ4v) is 6.63. The van der Waals surface area contributed by atoms with Crippen molar-refractivity contribution in [1.82, 2.24) is 19.9 Å². The maximum absolute atomic E-state index is 15.9.